The van der Waals surface area contributed by atoms with Gasteiger partial charge in [-0.15, -0.1) is 11.3 Å². The standard InChI is InChI=1S/C19H24N4OS/c1-2-17-20-15-8-12-23(19(24)16-6-5-13-25-16)11-7-14(15)18(21-17)22-9-3-4-10-22/h5-6,13H,2-4,7-12H2,1H3. The molecule has 0 spiro atoms. The monoisotopic (exact) mass is 356 g/mol. The minimum atomic E-state index is 0.147. The number of aromatic nitrogens is 2. The molecule has 0 N–H and O–H groups in total. The first-order chi connectivity index (χ1) is 12.3. The highest BCUT2D eigenvalue weighted by Crippen LogP contribution is 2.28. The van der Waals surface area contributed by atoms with Crippen molar-refractivity contribution >= 4 is 23.1 Å². The van der Waals surface area contributed by atoms with Crippen LogP contribution in [0, 0.1) is 0 Å². The molecule has 2 aromatic rings. The summed E-state index contributed by atoms with van der Waals surface area (Å²) in [5, 5.41) is 1.96. The van der Waals surface area contributed by atoms with Gasteiger partial charge in [-0.2, -0.15) is 0 Å². The smallest absolute Gasteiger partial charge is 0.263 e. The summed E-state index contributed by atoms with van der Waals surface area (Å²) in [6, 6.07) is 3.85. The second-order valence-corrected chi connectivity index (χ2v) is 7.65. The molecule has 4 rings (SSSR count). The van der Waals surface area contributed by atoms with Crippen molar-refractivity contribution < 1.29 is 4.79 Å². The van der Waals surface area contributed by atoms with Gasteiger partial charge in [-0.1, -0.05) is 13.0 Å². The zero-order valence-corrected chi connectivity index (χ0v) is 15.5. The summed E-state index contributed by atoms with van der Waals surface area (Å²) in [5.74, 6) is 2.21. The van der Waals surface area contributed by atoms with Gasteiger partial charge < -0.3 is 9.80 Å². The Hall–Kier alpha value is -1.95. The first-order valence-electron chi connectivity index (χ1n) is 9.22. The van der Waals surface area contributed by atoms with Gasteiger partial charge in [-0.25, -0.2) is 9.97 Å². The highest BCUT2D eigenvalue weighted by molar-refractivity contribution is 7.12. The van der Waals surface area contributed by atoms with E-state index in [1.165, 1.54) is 29.7 Å². The van der Waals surface area contributed by atoms with Crippen molar-refractivity contribution in [1.82, 2.24) is 14.9 Å². The first-order valence-corrected chi connectivity index (χ1v) is 10.1. The maximum Gasteiger partial charge on any atom is 0.263 e. The number of fused-ring (bicyclic) bond motifs is 1. The second kappa shape index (κ2) is 7.12. The molecule has 132 valence electrons. The number of carbonyl (C=O) groups is 1. The molecule has 2 aliphatic rings. The van der Waals surface area contributed by atoms with E-state index in [0.29, 0.717) is 0 Å². The minimum Gasteiger partial charge on any atom is -0.356 e. The van der Waals surface area contributed by atoms with Crippen LogP contribution in [0.4, 0.5) is 5.82 Å². The van der Waals surface area contributed by atoms with Gasteiger partial charge >= 0.3 is 0 Å². The zero-order chi connectivity index (χ0) is 17.2. The normalized spacial score (nSPS) is 17.5. The number of anilines is 1. The highest BCUT2D eigenvalue weighted by Gasteiger charge is 2.26. The summed E-state index contributed by atoms with van der Waals surface area (Å²) in [7, 11) is 0. The predicted octanol–water partition coefficient (Wildman–Crippen LogP) is 2.94. The van der Waals surface area contributed by atoms with Crippen LogP contribution in [0.3, 0.4) is 0 Å². The molecule has 0 bridgehead atoms. The molecule has 0 aromatic carbocycles. The van der Waals surface area contributed by atoms with Crippen molar-refractivity contribution in [2.45, 2.75) is 39.0 Å². The van der Waals surface area contributed by atoms with Gasteiger partial charge in [0.15, 0.2) is 0 Å². The molecule has 25 heavy (non-hydrogen) atoms. The van der Waals surface area contributed by atoms with Crippen LogP contribution in [-0.2, 0) is 19.3 Å². The predicted molar refractivity (Wildman–Crippen MR) is 100 cm³/mol. The average Bonchev–Trinajstić information content (AvgIpc) is 3.31. The van der Waals surface area contributed by atoms with Crippen molar-refractivity contribution in [2.75, 3.05) is 31.1 Å². The molecular formula is C19H24N4OS. The minimum absolute atomic E-state index is 0.147. The Bertz CT molecular complexity index is 753. The van der Waals surface area contributed by atoms with Crippen LogP contribution in [0.1, 0.15) is 46.5 Å². The SMILES string of the molecule is CCc1nc2c(c(N3CCCC3)n1)CCN(C(=O)c1cccs1)CC2. The van der Waals surface area contributed by atoms with Gasteiger partial charge in [0, 0.05) is 44.6 Å². The van der Waals surface area contributed by atoms with Gasteiger partial charge in [0.25, 0.3) is 5.91 Å². The van der Waals surface area contributed by atoms with Crippen LogP contribution in [0.2, 0.25) is 0 Å². The van der Waals surface area contributed by atoms with E-state index in [0.717, 1.165) is 67.7 Å². The van der Waals surface area contributed by atoms with Gasteiger partial charge in [0.2, 0.25) is 0 Å². The van der Waals surface area contributed by atoms with Crippen LogP contribution in [0.15, 0.2) is 17.5 Å². The van der Waals surface area contributed by atoms with Gasteiger partial charge in [-0.3, -0.25) is 4.79 Å². The van der Waals surface area contributed by atoms with Crippen LogP contribution in [0.5, 0.6) is 0 Å². The number of rotatable bonds is 3. The zero-order valence-electron chi connectivity index (χ0n) is 14.7. The van der Waals surface area contributed by atoms with Crippen molar-refractivity contribution in [1.29, 1.82) is 0 Å². The molecule has 0 saturated carbocycles. The fourth-order valence-electron chi connectivity index (χ4n) is 3.74. The number of hydrogen-bond acceptors (Lipinski definition) is 5. The van der Waals surface area contributed by atoms with E-state index in [-0.39, 0.29) is 5.91 Å². The van der Waals surface area contributed by atoms with Crippen molar-refractivity contribution in [3.8, 4) is 0 Å². The third kappa shape index (κ3) is 3.27. The lowest BCUT2D eigenvalue weighted by molar-refractivity contribution is 0.0768. The molecule has 5 nitrogen and oxygen atoms in total. The summed E-state index contributed by atoms with van der Waals surface area (Å²) in [6.45, 7) is 5.77. The average molecular weight is 356 g/mol. The van der Waals surface area contributed by atoms with Crippen molar-refractivity contribution in [3.63, 3.8) is 0 Å². The topological polar surface area (TPSA) is 49.3 Å². The van der Waals surface area contributed by atoms with Crippen LogP contribution in [0.25, 0.3) is 0 Å². The Morgan fingerprint density at radius 2 is 1.96 bits per heavy atom. The van der Waals surface area contributed by atoms with Gasteiger partial charge in [0.1, 0.15) is 11.6 Å². The Morgan fingerprint density at radius 3 is 2.68 bits per heavy atom. The molecule has 4 heterocycles. The van der Waals surface area contributed by atoms with Gasteiger partial charge in [-0.05, 0) is 30.7 Å². The third-order valence-electron chi connectivity index (χ3n) is 5.11. The number of amides is 1. The number of nitrogens with zero attached hydrogens (tertiary/aromatic N) is 4. The quantitative estimate of drug-likeness (QED) is 0.848. The molecule has 1 fully saturated rings. The van der Waals surface area contributed by atoms with Crippen LogP contribution in [-0.4, -0.2) is 47.0 Å². The molecule has 6 heteroatoms. The van der Waals surface area contributed by atoms with Crippen molar-refractivity contribution in [2.24, 2.45) is 0 Å². The van der Waals surface area contributed by atoms with E-state index in [1.807, 2.05) is 22.4 Å². The molecule has 0 unspecified atom stereocenters. The number of aryl methyl sites for hydroxylation is 1. The Morgan fingerprint density at radius 1 is 1.16 bits per heavy atom. The second-order valence-electron chi connectivity index (χ2n) is 6.71. The number of carbonyl (C=O) groups excluding carboxylic acids is 1. The molecule has 2 aromatic heterocycles. The Balaban J connectivity index is 1.62. The summed E-state index contributed by atoms with van der Waals surface area (Å²) < 4.78 is 0. The number of thiophene rings is 1. The van der Waals surface area contributed by atoms with E-state index in [2.05, 4.69) is 11.8 Å². The Labute approximate surface area is 152 Å². The molecule has 1 saturated heterocycles. The van der Waals surface area contributed by atoms with Crippen LogP contribution >= 0.6 is 11.3 Å². The summed E-state index contributed by atoms with van der Waals surface area (Å²) in [4.78, 5) is 27.6. The lowest BCUT2D eigenvalue weighted by Gasteiger charge is -2.22. The van der Waals surface area contributed by atoms with Gasteiger partial charge in [0.05, 0.1) is 10.6 Å². The van der Waals surface area contributed by atoms with E-state index in [4.69, 9.17) is 9.97 Å². The largest absolute Gasteiger partial charge is 0.356 e. The van der Waals surface area contributed by atoms with Crippen LogP contribution < -0.4 is 4.90 Å². The fraction of sp³-hybridized carbons (Fsp3) is 0.526. The van der Waals surface area contributed by atoms with Crippen molar-refractivity contribution in [3.05, 3.63) is 39.5 Å². The molecule has 0 radical (unpaired) electrons. The maximum absolute atomic E-state index is 12.7. The molecule has 2 aliphatic heterocycles. The van der Waals surface area contributed by atoms with E-state index >= 15 is 0 Å². The summed E-state index contributed by atoms with van der Waals surface area (Å²) in [6.07, 6.45) is 5.00. The highest BCUT2D eigenvalue weighted by atomic mass is 32.1. The number of hydrogen-bond donors (Lipinski definition) is 0. The lowest BCUT2D eigenvalue weighted by atomic mass is 10.1. The first kappa shape index (κ1) is 16.5. The maximum atomic E-state index is 12.7. The van der Waals surface area contributed by atoms with E-state index < -0.39 is 0 Å². The molecule has 1 amide bonds. The third-order valence-corrected chi connectivity index (χ3v) is 5.97. The molecular weight excluding hydrogens is 332 g/mol. The van der Waals surface area contributed by atoms with E-state index in [1.54, 1.807) is 0 Å². The summed E-state index contributed by atoms with van der Waals surface area (Å²) >= 11 is 1.52. The molecule has 0 aliphatic carbocycles. The summed E-state index contributed by atoms with van der Waals surface area (Å²) in [5.41, 5.74) is 2.41. The fourth-order valence-corrected chi connectivity index (χ4v) is 4.43. The lowest BCUT2D eigenvalue weighted by Crippen LogP contribution is -2.32. The Kier molecular flexibility index (Phi) is 4.70. The molecule has 0 atom stereocenters. The van der Waals surface area contributed by atoms with E-state index in [9.17, 15) is 4.79 Å².